The van der Waals surface area contributed by atoms with E-state index in [0.717, 1.165) is 19.8 Å². The molecule has 0 heterocycles. The van der Waals surface area contributed by atoms with Crippen LogP contribution in [0.2, 0.25) is 0 Å². The maximum absolute atomic E-state index is 11.6. The van der Waals surface area contributed by atoms with E-state index < -0.39 is 17.8 Å². The third kappa shape index (κ3) is 12.4. The van der Waals surface area contributed by atoms with Gasteiger partial charge in [0, 0.05) is 33.7 Å². The number of hydrogen-bond donors (Lipinski definition) is 2. The average molecular weight is 331 g/mol. The summed E-state index contributed by atoms with van der Waals surface area (Å²) in [5.41, 5.74) is 0. The lowest BCUT2D eigenvalue weighted by atomic mass is 9.89. The summed E-state index contributed by atoms with van der Waals surface area (Å²) in [5.74, 6) is -1.89. The van der Waals surface area contributed by atoms with Gasteiger partial charge in [0.15, 0.2) is 0 Å². The minimum Gasteiger partial charge on any atom is -0.481 e. The fourth-order valence-electron chi connectivity index (χ4n) is 2.25. The summed E-state index contributed by atoms with van der Waals surface area (Å²) in [5, 5.41) is 10.2. The average Bonchev–Trinajstić information content (AvgIpc) is 2.44. The van der Waals surface area contributed by atoms with Crippen molar-refractivity contribution in [3.8, 4) is 0 Å². The molecule has 2 N–H and O–H groups in total. The highest BCUT2D eigenvalue weighted by Crippen LogP contribution is 2.22. The molecule has 1 saturated carbocycles. The fourth-order valence-corrected chi connectivity index (χ4v) is 2.25. The van der Waals surface area contributed by atoms with E-state index in [1.54, 1.807) is 20.8 Å². The van der Waals surface area contributed by atoms with Crippen LogP contribution in [0.3, 0.4) is 0 Å². The normalized spacial score (nSPS) is 15.0. The molecular formula is C16H29NO6. The number of carboxylic acids is 1. The third-order valence-electron chi connectivity index (χ3n) is 3.25. The van der Waals surface area contributed by atoms with Crippen LogP contribution in [0.25, 0.3) is 0 Å². The number of esters is 1. The lowest BCUT2D eigenvalue weighted by Gasteiger charge is -2.26. The van der Waals surface area contributed by atoms with Crippen LogP contribution in [0.15, 0.2) is 0 Å². The molecular weight excluding hydrogens is 302 g/mol. The maximum Gasteiger partial charge on any atom is 0.410 e. The molecule has 0 aromatic heterocycles. The zero-order valence-corrected chi connectivity index (χ0v) is 14.5. The number of aliphatic carboxylic acids is 1. The second-order valence-electron chi connectivity index (χ2n) is 6.02. The predicted octanol–water partition coefficient (Wildman–Crippen LogP) is 3.07. The molecule has 0 saturated heterocycles. The summed E-state index contributed by atoms with van der Waals surface area (Å²) < 4.78 is 10.1. The summed E-state index contributed by atoms with van der Waals surface area (Å²) in [6.45, 7) is 6.53. The van der Waals surface area contributed by atoms with Gasteiger partial charge in [-0.3, -0.25) is 9.59 Å². The van der Waals surface area contributed by atoms with Crippen LogP contribution in [-0.2, 0) is 19.1 Å². The van der Waals surface area contributed by atoms with Crippen LogP contribution in [0.4, 0.5) is 4.79 Å². The van der Waals surface area contributed by atoms with Gasteiger partial charge in [-0.25, -0.2) is 4.79 Å². The van der Waals surface area contributed by atoms with Crippen molar-refractivity contribution in [2.75, 3.05) is 6.54 Å². The molecule has 1 fully saturated rings. The molecule has 7 heteroatoms. The Balaban J connectivity index is 0.00000108. The second-order valence-corrected chi connectivity index (χ2v) is 6.02. The van der Waals surface area contributed by atoms with Crippen LogP contribution in [0, 0.1) is 5.92 Å². The number of alkyl carbamates (subject to hydrolysis) is 1. The molecule has 0 aliphatic heterocycles. The summed E-state index contributed by atoms with van der Waals surface area (Å²) in [6, 6.07) is 0. The van der Waals surface area contributed by atoms with Crippen molar-refractivity contribution in [3.05, 3.63) is 0 Å². The lowest BCUT2D eigenvalue weighted by molar-refractivity contribution is -0.194. The summed E-state index contributed by atoms with van der Waals surface area (Å²) in [7, 11) is 0. The van der Waals surface area contributed by atoms with Crippen molar-refractivity contribution >= 4 is 18.0 Å². The largest absolute Gasteiger partial charge is 0.481 e. The first-order valence-electron chi connectivity index (χ1n) is 8.04. The van der Waals surface area contributed by atoms with Gasteiger partial charge in [0.05, 0.1) is 0 Å². The number of carboxylic acid groups (broad SMARTS) is 1. The summed E-state index contributed by atoms with van der Waals surface area (Å²) in [6.07, 6.45) is 5.82. The molecule has 1 rings (SSSR count). The highest BCUT2D eigenvalue weighted by molar-refractivity contribution is 5.70. The Bertz CT molecular complexity index is 384. The van der Waals surface area contributed by atoms with Gasteiger partial charge in [0.2, 0.25) is 0 Å². The first-order valence-corrected chi connectivity index (χ1v) is 8.04. The molecule has 23 heavy (non-hydrogen) atoms. The van der Waals surface area contributed by atoms with Gasteiger partial charge >= 0.3 is 12.1 Å². The molecule has 0 spiro atoms. The molecule has 134 valence electrons. The second kappa shape index (κ2) is 10.9. The topological polar surface area (TPSA) is 102 Å². The fraction of sp³-hybridized carbons (Fsp3) is 0.812. The van der Waals surface area contributed by atoms with E-state index in [4.69, 9.17) is 19.4 Å². The smallest absolute Gasteiger partial charge is 0.410 e. The Morgan fingerprint density at radius 3 is 2.13 bits per heavy atom. The number of rotatable bonds is 5. The van der Waals surface area contributed by atoms with Gasteiger partial charge < -0.3 is 19.9 Å². The Labute approximate surface area is 137 Å². The molecule has 0 atom stereocenters. The van der Waals surface area contributed by atoms with Crippen molar-refractivity contribution in [2.45, 2.75) is 72.0 Å². The van der Waals surface area contributed by atoms with Gasteiger partial charge in [-0.2, -0.15) is 0 Å². The van der Waals surface area contributed by atoms with Gasteiger partial charge in [-0.1, -0.05) is 26.2 Å². The summed E-state index contributed by atoms with van der Waals surface area (Å²) >= 11 is 0. The number of ether oxygens (including phenoxy) is 2. The van der Waals surface area contributed by atoms with E-state index >= 15 is 0 Å². The summed E-state index contributed by atoms with van der Waals surface area (Å²) in [4.78, 5) is 31.8. The van der Waals surface area contributed by atoms with E-state index in [1.807, 2.05) is 0 Å². The monoisotopic (exact) mass is 331 g/mol. The Hall–Kier alpha value is -1.79. The number of amides is 1. The quantitative estimate of drug-likeness (QED) is 0.593. The molecule has 7 nitrogen and oxygen atoms in total. The van der Waals surface area contributed by atoms with E-state index in [9.17, 15) is 9.59 Å². The molecule has 0 unspecified atom stereocenters. The van der Waals surface area contributed by atoms with Crippen LogP contribution in [0.5, 0.6) is 0 Å². The van der Waals surface area contributed by atoms with Gasteiger partial charge in [-0.05, 0) is 18.8 Å². The minimum atomic E-state index is -1.22. The van der Waals surface area contributed by atoms with E-state index in [-0.39, 0.29) is 12.4 Å². The molecule has 1 amide bonds. The minimum absolute atomic E-state index is 0.260. The maximum atomic E-state index is 11.6. The Kier molecular flexibility index (Phi) is 10.0. The van der Waals surface area contributed by atoms with Crippen molar-refractivity contribution in [1.82, 2.24) is 5.32 Å². The van der Waals surface area contributed by atoms with Crippen molar-refractivity contribution in [3.63, 3.8) is 0 Å². The molecule has 1 aliphatic rings. The van der Waals surface area contributed by atoms with Crippen LogP contribution < -0.4 is 5.32 Å². The highest BCUT2D eigenvalue weighted by atomic mass is 16.7. The molecule has 0 aromatic carbocycles. The lowest BCUT2D eigenvalue weighted by Crippen LogP contribution is -2.39. The molecule has 0 aromatic rings. The number of carbonyl (C=O) groups excluding carboxylic acids is 2. The van der Waals surface area contributed by atoms with Crippen molar-refractivity contribution < 1.29 is 29.0 Å². The predicted molar refractivity (Wildman–Crippen MR) is 84.8 cm³/mol. The Morgan fingerprint density at radius 2 is 1.65 bits per heavy atom. The molecule has 1 aliphatic carbocycles. The van der Waals surface area contributed by atoms with Crippen LogP contribution in [0.1, 0.15) is 66.2 Å². The van der Waals surface area contributed by atoms with Crippen LogP contribution >= 0.6 is 0 Å². The zero-order chi connectivity index (χ0) is 17.9. The number of nitrogens with one attached hydrogen (secondary N) is 1. The van der Waals surface area contributed by atoms with Crippen molar-refractivity contribution in [1.29, 1.82) is 0 Å². The Morgan fingerprint density at radius 1 is 1.13 bits per heavy atom. The first-order chi connectivity index (χ1) is 10.7. The number of hydrogen-bond acceptors (Lipinski definition) is 5. The third-order valence-corrected chi connectivity index (χ3v) is 3.25. The molecule has 0 bridgehead atoms. The SMILES string of the molecule is CC(=O)O.CCC(=O)OC(C)(C)OC(=O)NCC1CCCCC1. The van der Waals surface area contributed by atoms with E-state index in [0.29, 0.717) is 12.5 Å². The van der Waals surface area contributed by atoms with Gasteiger partial charge in [-0.15, -0.1) is 0 Å². The van der Waals surface area contributed by atoms with E-state index in [2.05, 4.69) is 5.32 Å². The van der Waals surface area contributed by atoms with E-state index in [1.165, 1.54) is 19.3 Å². The number of carbonyl (C=O) groups is 3. The van der Waals surface area contributed by atoms with Gasteiger partial charge in [0.25, 0.3) is 11.8 Å². The standard InChI is InChI=1S/C14H25NO4.C2H4O2/c1-4-12(16)18-14(2,3)19-13(17)15-10-11-8-6-5-7-9-11;1-2(3)4/h11H,4-10H2,1-3H3,(H,15,17);1H3,(H,3,4). The zero-order valence-electron chi connectivity index (χ0n) is 14.5. The first kappa shape index (κ1) is 21.2. The van der Waals surface area contributed by atoms with Crippen molar-refractivity contribution in [2.24, 2.45) is 5.92 Å². The highest BCUT2D eigenvalue weighted by Gasteiger charge is 2.27. The van der Waals surface area contributed by atoms with Gasteiger partial charge in [0.1, 0.15) is 0 Å². The molecule has 0 radical (unpaired) electrons. The van der Waals surface area contributed by atoms with Crippen LogP contribution in [-0.4, -0.2) is 35.5 Å².